The third-order valence-electron chi connectivity index (χ3n) is 4.30. The molecule has 11 nitrogen and oxygen atoms in total. The van der Waals surface area contributed by atoms with Crippen molar-refractivity contribution in [2.45, 2.75) is 6.04 Å². The van der Waals surface area contributed by atoms with Crippen LogP contribution in [0.4, 0.5) is 5.13 Å². The maximum absolute atomic E-state index is 12.6. The van der Waals surface area contributed by atoms with Gasteiger partial charge in [0.1, 0.15) is 24.7 Å². The Morgan fingerprint density at radius 2 is 2.06 bits per heavy atom. The zero-order valence-electron chi connectivity index (χ0n) is 16.8. The number of oxime groups is 1. The molecule has 1 aromatic carbocycles. The van der Waals surface area contributed by atoms with Gasteiger partial charge in [-0.2, -0.15) is 0 Å². The van der Waals surface area contributed by atoms with Crippen LogP contribution in [0.25, 0.3) is 0 Å². The number of halogens is 1. The maximum Gasteiger partial charge on any atom is 0.276 e. The monoisotopic (exact) mass is 478 g/mol. The van der Waals surface area contributed by atoms with Crippen molar-refractivity contribution in [1.82, 2.24) is 20.5 Å². The molecule has 0 spiro atoms. The van der Waals surface area contributed by atoms with Crippen molar-refractivity contribution in [3.63, 3.8) is 0 Å². The van der Waals surface area contributed by atoms with Crippen molar-refractivity contribution < 1.29 is 24.0 Å². The SMILES string of the molecule is CON=C(C(=O)NC1CN(CNC(=O)c2ccccc2)C1=O)c1csc(NC(=O)CCl)n1. The number of aromatic nitrogens is 1. The molecule has 1 saturated heterocycles. The fourth-order valence-corrected chi connectivity index (χ4v) is 3.50. The van der Waals surface area contributed by atoms with Crippen LogP contribution in [0.3, 0.4) is 0 Å². The van der Waals surface area contributed by atoms with Crippen molar-refractivity contribution in [3.8, 4) is 0 Å². The number of hydrogen-bond donors (Lipinski definition) is 3. The van der Waals surface area contributed by atoms with E-state index in [0.29, 0.717) is 5.56 Å². The van der Waals surface area contributed by atoms with Crippen LogP contribution in [0.5, 0.6) is 0 Å². The quantitative estimate of drug-likeness (QED) is 0.206. The van der Waals surface area contributed by atoms with E-state index in [4.69, 9.17) is 16.4 Å². The number of rotatable bonds is 9. The molecule has 13 heteroatoms. The van der Waals surface area contributed by atoms with E-state index in [0.717, 1.165) is 11.3 Å². The number of nitrogens with zero attached hydrogens (tertiary/aromatic N) is 3. The summed E-state index contributed by atoms with van der Waals surface area (Å²) in [5.74, 6) is -2.00. The van der Waals surface area contributed by atoms with Gasteiger partial charge in [0.05, 0.1) is 13.2 Å². The second kappa shape index (κ2) is 10.7. The predicted octanol–water partition coefficient (Wildman–Crippen LogP) is 0.385. The van der Waals surface area contributed by atoms with Crippen LogP contribution < -0.4 is 16.0 Å². The summed E-state index contributed by atoms with van der Waals surface area (Å²) in [5, 5.41) is 13.1. The van der Waals surface area contributed by atoms with Crippen molar-refractivity contribution in [2.75, 3.05) is 31.5 Å². The summed E-state index contributed by atoms with van der Waals surface area (Å²) >= 11 is 6.52. The van der Waals surface area contributed by atoms with E-state index < -0.39 is 17.9 Å². The average Bonchev–Trinajstić information content (AvgIpc) is 3.26. The number of alkyl halides is 1. The molecule has 3 rings (SSSR count). The second-order valence-electron chi connectivity index (χ2n) is 6.46. The lowest BCUT2D eigenvalue weighted by atomic mass is 10.1. The van der Waals surface area contributed by atoms with Gasteiger partial charge in [-0.1, -0.05) is 23.4 Å². The molecular formula is C19H19ClN6O5S. The van der Waals surface area contributed by atoms with Gasteiger partial charge in [0.25, 0.3) is 11.8 Å². The first-order valence-electron chi connectivity index (χ1n) is 9.28. The van der Waals surface area contributed by atoms with Gasteiger partial charge >= 0.3 is 0 Å². The summed E-state index contributed by atoms with van der Waals surface area (Å²) in [6.45, 7) is 0.238. The van der Waals surface area contributed by atoms with Crippen LogP contribution in [0.1, 0.15) is 16.1 Å². The van der Waals surface area contributed by atoms with Crippen LogP contribution in [-0.4, -0.2) is 71.5 Å². The molecule has 0 saturated carbocycles. The number of likely N-dealkylation sites (tertiary alicyclic amines) is 1. The number of thiazole rings is 1. The maximum atomic E-state index is 12.6. The van der Waals surface area contributed by atoms with Crippen LogP contribution >= 0.6 is 22.9 Å². The number of carbonyl (C=O) groups excluding carboxylic acids is 4. The Kier molecular flexibility index (Phi) is 7.73. The van der Waals surface area contributed by atoms with Gasteiger partial charge in [0, 0.05) is 10.9 Å². The molecule has 0 radical (unpaired) electrons. The first kappa shape index (κ1) is 23.2. The van der Waals surface area contributed by atoms with E-state index in [-0.39, 0.29) is 47.4 Å². The smallest absolute Gasteiger partial charge is 0.276 e. The van der Waals surface area contributed by atoms with Crippen LogP contribution in [0.2, 0.25) is 0 Å². The fourth-order valence-electron chi connectivity index (χ4n) is 2.72. The highest BCUT2D eigenvalue weighted by atomic mass is 35.5. The number of hydrogen-bond acceptors (Lipinski definition) is 8. The Labute approximate surface area is 191 Å². The molecule has 0 aliphatic carbocycles. The molecule has 168 valence electrons. The topological polar surface area (TPSA) is 142 Å². The van der Waals surface area contributed by atoms with E-state index in [9.17, 15) is 19.2 Å². The van der Waals surface area contributed by atoms with Crippen LogP contribution in [-0.2, 0) is 19.2 Å². The summed E-state index contributed by atoms with van der Waals surface area (Å²) < 4.78 is 0. The standard InChI is InChI=1S/C19H19ClN6O5S/c1-31-25-15(13-9-32-19(23-13)24-14(27)7-20)17(29)22-12-8-26(18(12)30)10-21-16(28)11-5-3-2-4-6-11/h2-6,9,12H,7-8,10H2,1H3,(H,21,28)(H,22,29)(H,23,24,27). The van der Waals surface area contributed by atoms with Crippen molar-refractivity contribution in [1.29, 1.82) is 0 Å². The Morgan fingerprint density at radius 1 is 1.31 bits per heavy atom. The summed E-state index contributed by atoms with van der Waals surface area (Å²) in [6.07, 6.45) is 0. The number of benzene rings is 1. The lowest BCUT2D eigenvalue weighted by Crippen LogP contribution is -2.66. The second-order valence-corrected chi connectivity index (χ2v) is 7.58. The number of amides is 4. The third kappa shape index (κ3) is 5.59. The van der Waals surface area contributed by atoms with Gasteiger partial charge in [-0.3, -0.25) is 19.2 Å². The Morgan fingerprint density at radius 3 is 2.72 bits per heavy atom. The minimum Gasteiger partial charge on any atom is -0.398 e. The highest BCUT2D eigenvalue weighted by molar-refractivity contribution is 7.14. The molecular weight excluding hydrogens is 460 g/mol. The number of nitrogens with one attached hydrogen (secondary N) is 3. The van der Waals surface area contributed by atoms with Crippen LogP contribution in [0.15, 0.2) is 40.9 Å². The molecule has 1 aromatic heterocycles. The van der Waals surface area contributed by atoms with E-state index in [2.05, 4.69) is 26.1 Å². The first-order valence-corrected chi connectivity index (χ1v) is 10.7. The average molecular weight is 479 g/mol. The van der Waals surface area contributed by atoms with Crippen LogP contribution in [0, 0.1) is 0 Å². The molecule has 1 unspecified atom stereocenters. The molecule has 1 aliphatic heterocycles. The summed E-state index contributed by atoms with van der Waals surface area (Å²) in [6, 6.07) is 7.84. The minimum absolute atomic E-state index is 0.0215. The van der Waals surface area contributed by atoms with Crippen molar-refractivity contribution in [2.24, 2.45) is 5.16 Å². The number of anilines is 1. The molecule has 1 atom stereocenters. The summed E-state index contributed by atoms with van der Waals surface area (Å²) in [7, 11) is 1.27. The molecule has 2 aromatic rings. The highest BCUT2D eigenvalue weighted by Gasteiger charge is 2.38. The normalized spacial score (nSPS) is 15.6. The van der Waals surface area contributed by atoms with E-state index >= 15 is 0 Å². The predicted molar refractivity (Wildman–Crippen MR) is 117 cm³/mol. The van der Waals surface area contributed by atoms with E-state index in [1.807, 2.05) is 0 Å². The molecule has 32 heavy (non-hydrogen) atoms. The Bertz CT molecular complexity index is 1040. The van der Waals surface area contributed by atoms with Gasteiger partial charge < -0.3 is 25.7 Å². The van der Waals surface area contributed by atoms with E-state index in [1.165, 1.54) is 17.4 Å². The molecule has 4 amide bonds. The lowest BCUT2D eigenvalue weighted by molar-refractivity contribution is -0.146. The highest BCUT2D eigenvalue weighted by Crippen LogP contribution is 2.17. The first-order chi connectivity index (χ1) is 15.4. The van der Waals surface area contributed by atoms with Crippen molar-refractivity contribution >= 4 is 57.4 Å². The number of carbonyl (C=O) groups is 4. The number of β-lactam (4-membered cyclic amide) rings is 1. The summed E-state index contributed by atoms with van der Waals surface area (Å²) in [4.78, 5) is 58.6. The lowest BCUT2D eigenvalue weighted by Gasteiger charge is -2.38. The van der Waals surface area contributed by atoms with Gasteiger partial charge in [-0.05, 0) is 12.1 Å². The Balaban J connectivity index is 1.53. The molecule has 1 fully saturated rings. The zero-order chi connectivity index (χ0) is 23.1. The third-order valence-corrected chi connectivity index (χ3v) is 5.30. The van der Waals surface area contributed by atoms with Crippen molar-refractivity contribution in [3.05, 3.63) is 47.0 Å². The fraction of sp³-hybridized carbons (Fsp3) is 0.263. The van der Waals surface area contributed by atoms with Gasteiger partial charge in [0.15, 0.2) is 10.8 Å². The zero-order valence-corrected chi connectivity index (χ0v) is 18.4. The molecule has 3 N–H and O–H groups in total. The molecule has 0 bridgehead atoms. The Hall–Kier alpha value is -3.51. The summed E-state index contributed by atoms with van der Waals surface area (Å²) in [5.41, 5.74) is 0.493. The van der Waals surface area contributed by atoms with Gasteiger partial charge in [-0.15, -0.1) is 22.9 Å². The largest absolute Gasteiger partial charge is 0.398 e. The van der Waals surface area contributed by atoms with E-state index in [1.54, 1.807) is 30.3 Å². The molecule has 2 heterocycles. The van der Waals surface area contributed by atoms with Gasteiger partial charge in [-0.25, -0.2) is 4.98 Å². The minimum atomic E-state index is -0.771. The molecule has 1 aliphatic rings. The van der Waals surface area contributed by atoms with Gasteiger partial charge in [0.2, 0.25) is 11.8 Å².